The molecule has 154 valence electrons. The number of thiocarbonyl (C=S) groups is 1. The van der Waals surface area contributed by atoms with Gasteiger partial charge in [-0.15, -0.1) is 0 Å². The van der Waals surface area contributed by atoms with Crippen molar-refractivity contribution in [1.29, 1.82) is 0 Å². The Morgan fingerprint density at radius 2 is 1.97 bits per heavy atom. The Morgan fingerprint density at radius 1 is 1.23 bits per heavy atom. The van der Waals surface area contributed by atoms with Crippen molar-refractivity contribution < 1.29 is 24.2 Å². The number of methoxy groups -OCH3 is 1. The van der Waals surface area contributed by atoms with Crippen LogP contribution in [0.3, 0.4) is 0 Å². The third kappa shape index (κ3) is 4.52. The van der Waals surface area contributed by atoms with Gasteiger partial charge in [0.25, 0.3) is 5.91 Å². The fourth-order valence-corrected chi connectivity index (χ4v) is 4.10. The molecule has 1 aliphatic heterocycles. The fraction of sp³-hybridized carbons (Fsp3) is 0.143. The maximum absolute atomic E-state index is 12.8. The first-order valence-corrected chi connectivity index (χ1v) is 10.0. The standard InChI is InChI=1S/C21H18N2O5S2/c1-22(16-9-4-3-8-15(16)20(26)27)18(24)12-23-19(25)17(30-21(23)29)11-13-6-5-7-14(10-13)28-2/h3-11H,12H2,1-2H3,(H,26,27)/b17-11-. The topological polar surface area (TPSA) is 87.2 Å². The van der Waals surface area contributed by atoms with Crippen LogP contribution in [0.25, 0.3) is 6.08 Å². The van der Waals surface area contributed by atoms with Gasteiger partial charge in [-0.2, -0.15) is 0 Å². The second kappa shape index (κ2) is 9.10. The number of carboxylic acid groups (broad SMARTS) is 1. The second-order valence-corrected chi connectivity index (χ2v) is 8.00. The molecule has 0 spiro atoms. The number of aromatic carboxylic acids is 1. The number of carbonyl (C=O) groups is 3. The minimum absolute atomic E-state index is 0.00309. The third-order valence-corrected chi connectivity index (χ3v) is 5.81. The number of hydrogen-bond acceptors (Lipinski definition) is 6. The van der Waals surface area contributed by atoms with E-state index in [1.807, 2.05) is 12.1 Å². The number of thioether (sulfide) groups is 1. The Balaban J connectivity index is 1.78. The highest BCUT2D eigenvalue weighted by Crippen LogP contribution is 2.33. The first kappa shape index (κ1) is 21.5. The van der Waals surface area contributed by atoms with Crippen molar-refractivity contribution in [3.8, 4) is 5.75 Å². The molecule has 9 heteroatoms. The number of para-hydroxylation sites is 1. The molecule has 1 aliphatic rings. The van der Waals surface area contributed by atoms with Crippen molar-refractivity contribution in [3.63, 3.8) is 0 Å². The van der Waals surface area contributed by atoms with Crippen LogP contribution in [0.4, 0.5) is 5.69 Å². The summed E-state index contributed by atoms with van der Waals surface area (Å²) in [6.07, 6.45) is 1.69. The minimum Gasteiger partial charge on any atom is -0.497 e. The fourth-order valence-electron chi connectivity index (χ4n) is 2.84. The van der Waals surface area contributed by atoms with E-state index in [4.69, 9.17) is 17.0 Å². The van der Waals surface area contributed by atoms with Crippen LogP contribution in [-0.4, -0.2) is 52.8 Å². The van der Waals surface area contributed by atoms with Gasteiger partial charge in [-0.1, -0.05) is 48.2 Å². The smallest absolute Gasteiger partial charge is 0.337 e. The molecule has 1 saturated heterocycles. The first-order valence-electron chi connectivity index (χ1n) is 8.80. The Bertz CT molecular complexity index is 1070. The number of ether oxygens (including phenoxy) is 1. The molecule has 0 atom stereocenters. The molecule has 0 unspecified atom stereocenters. The van der Waals surface area contributed by atoms with Gasteiger partial charge in [0.05, 0.1) is 23.3 Å². The number of likely N-dealkylation sites (N-methyl/N-ethyl adjacent to an activating group) is 1. The number of amides is 2. The number of hydrogen-bond donors (Lipinski definition) is 1. The Labute approximate surface area is 182 Å². The summed E-state index contributed by atoms with van der Waals surface area (Å²) in [6.45, 7) is -0.287. The van der Waals surface area contributed by atoms with Crippen molar-refractivity contribution in [2.45, 2.75) is 0 Å². The zero-order valence-corrected chi connectivity index (χ0v) is 17.8. The van der Waals surface area contributed by atoms with Crippen molar-refractivity contribution in [1.82, 2.24) is 4.90 Å². The van der Waals surface area contributed by atoms with Crippen molar-refractivity contribution >= 4 is 57.8 Å². The van der Waals surface area contributed by atoms with Crippen LogP contribution in [0.5, 0.6) is 5.75 Å². The number of rotatable bonds is 6. The lowest BCUT2D eigenvalue weighted by Crippen LogP contribution is -2.40. The summed E-state index contributed by atoms with van der Waals surface area (Å²) in [5.41, 5.74) is 1.01. The second-order valence-electron chi connectivity index (χ2n) is 6.32. The van der Waals surface area contributed by atoms with Crippen molar-refractivity contribution in [2.75, 3.05) is 25.6 Å². The molecule has 0 radical (unpaired) electrons. The largest absolute Gasteiger partial charge is 0.497 e. The lowest BCUT2D eigenvalue weighted by atomic mass is 10.1. The molecular formula is C21H18N2O5S2. The SMILES string of the molecule is COc1cccc(/C=C2\SC(=S)N(CC(=O)N(C)c3ccccc3C(=O)O)C2=O)c1. The molecule has 0 aliphatic carbocycles. The van der Waals surface area contributed by atoms with Gasteiger partial charge in [0, 0.05) is 7.05 Å². The lowest BCUT2D eigenvalue weighted by Gasteiger charge is -2.22. The molecular weight excluding hydrogens is 424 g/mol. The monoisotopic (exact) mass is 442 g/mol. The van der Waals surface area contributed by atoms with Crippen LogP contribution in [0, 0.1) is 0 Å². The Morgan fingerprint density at radius 3 is 2.67 bits per heavy atom. The van der Waals surface area contributed by atoms with Gasteiger partial charge in [0.2, 0.25) is 5.91 Å². The van der Waals surface area contributed by atoms with E-state index < -0.39 is 11.9 Å². The molecule has 1 N–H and O–H groups in total. The van der Waals surface area contributed by atoms with Gasteiger partial charge >= 0.3 is 5.97 Å². The molecule has 1 fully saturated rings. The van der Waals surface area contributed by atoms with E-state index in [2.05, 4.69) is 0 Å². The summed E-state index contributed by atoms with van der Waals surface area (Å²) < 4.78 is 5.45. The maximum atomic E-state index is 12.8. The van der Waals surface area contributed by atoms with Gasteiger partial charge in [-0.25, -0.2) is 4.79 Å². The van der Waals surface area contributed by atoms with E-state index in [1.165, 1.54) is 29.0 Å². The highest BCUT2D eigenvalue weighted by atomic mass is 32.2. The molecule has 1 heterocycles. The van der Waals surface area contributed by atoms with Crippen molar-refractivity contribution in [2.24, 2.45) is 0 Å². The zero-order chi connectivity index (χ0) is 21.8. The van der Waals surface area contributed by atoms with Crippen LogP contribution < -0.4 is 9.64 Å². The maximum Gasteiger partial charge on any atom is 0.337 e. The molecule has 2 amide bonds. The molecule has 0 saturated carbocycles. The molecule has 2 aromatic carbocycles. The lowest BCUT2D eigenvalue weighted by molar-refractivity contribution is -0.127. The number of nitrogens with zero attached hydrogens (tertiary/aromatic N) is 2. The first-order chi connectivity index (χ1) is 14.3. The molecule has 3 rings (SSSR count). The molecule has 0 bridgehead atoms. The van der Waals surface area contributed by atoms with Gasteiger partial charge in [0.15, 0.2) is 0 Å². The van der Waals surface area contributed by atoms with E-state index in [-0.39, 0.29) is 28.0 Å². The van der Waals surface area contributed by atoms with Crippen LogP contribution in [0.15, 0.2) is 53.4 Å². The Hall–Kier alpha value is -3.17. The molecule has 0 aromatic heterocycles. The number of carboxylic acids is 1. The average Bonchev–Trinajstić information content (AvgIpc) is 3.00. The minimum atomic E-state index is -1.14. The normalized spacial score (nSPS) is 14.9. The van der Waals surface area contributed by atoms with E-state index in [9.17, 15) is 19.5 Å². The predicted molar refractivity (Wildman–Crippen MR) is 120 cm³/mol. The highest BCUT2D eigenvalue weighted by molar-refractivity contribution is 8.26. The van der Waals surface area contributed by atoms with Crippen LogP contribution in [0.1, 0.15) is 15.9 Å². The van der Waals surface area contributed by atoms with Gasteiger partial charge < -0.3 is 14.7 Å². The van der Waals surface area contributed by atoms with E-state index in [0.29, 0.717) is 10.7 Å². The summed E-state index contributed by atoms with van der Waals surface area (Å²) in [4.78, 5) is 39.8. The molecule has 2 aromatic rings. The molecule has 30 heavy (non-hydrogen) atoms. The summed E-state index contributed by atoms with van der Waals surface area (Å²) >= 11 is 6.40. The van der Waals surface area contributed by atoms with E-state index in [0.717, 1.165) is 17.3 Å². The number of carbonyl (C=O) groups excluding carboxylic acids is 2. The quantitative estimate of drug-likeness (QED) is 0.543. The summed E-state index contributed by atoms with van der Waals surface area (Å²) in [6, 6.07) is 13.4. The highest BCUT2D eigenvalue weighted by Gasteiger charge is 2.34. The number of anilines is 1. The van der Waals surface area contributed by atoms with Gasteiger partial charge in [-0.3, -0.25) is 14.5 Å². The summed E-state index contributed by atoms with van der Waals surface area (Å²) in [5, 5.41) is 9.33. The van der Waals surface area contributed by atoms with Crippen LogP contribution in [0.2, 0.25) is 0 Å². The van der Waals surface area contributed by atoms with Crippen LogP contribution in [-0.2, 0) is 9.59 Å². The summed E-state index contributed by atoms with van der Waals surface area (Å²) in [5.74, 6) is -1.31. The van der Waals surface area contributed by atoms with Crippen LogP contribution >= 0.6 is 24.0 Å². The molecule has 7 nitrogen and oxygen atoms in total. The van der Waals surface area contributed by atoms with Gasteiger partial charge in [0.1, 0.15) is 16.6 Å². The van der Waals surface area contributed by atoms with Crippen molar-refractivity contribution in [3.05, 3.63) is 64.6 Å². The third-order valence-electron chi connectivity index (χ3n) is 4.43. The predicted octanol–water partition coefficient (Wildman–Crippen LogP) is 3.26. The summed E-state index contributed by atoms with van der Waals surface area (Å²) in [7, 11) is 3.02. The average molecular weight is 443 g/mol. The number of benzene rings is 2. The van der Waals surface area contributed by atoms with Gasteiger partial charge in [-0.05, 0) is 35.9 Å². The van der Waals surface area contributed by atoms with E-state index in [1.54, 1.807) is 37.5 Å². The zero-order valence-electron chi connectivity index (χ0n) is 16.2. The van der Waals surface area contributed by atoms with E-state index >= 15 is 0 Å². The Kier molecular flexibility index (Phi) is 6.53.